The second-order valence-electron chi connectivity index (χ2n) is 19.5. The number of nitrogen functional groups attached to an aromatic ring is 2. The quantitative estimate of drug-likeness (QED) is 0.0154. The molecule has 8 rings (SSSR count). The van der Waals surface area contributed by atoms with Crippen LogP contribution in [0.5, 0.6) is 17.2 Å². The summed E-state index contributed by atoms with van der Waals surface area (Å²) in [6, 6.07) is 28.5. The molecule has 2 amide bonds. The first-order chi connectivity index (χ1) is 36.3. The van der Waals surface area contributed by atoms with Crippen molar-refractivity contribution in [1.82, 2.24) is 25.9 Å². The first kappa shape index (κ1) is 57.8. The number of rotatable bonds is 21. The highest BCUT2D eigenvalue weighted by Crippen LogP contribution is 2.51. The molecule has 1 saturated carbocycles. The van der Waals surface area contributed by atoms with Gasteiger partial charge in [-0.1, -0.05) is 56.3 Å². The van der Waals surface area contributed by atoms with Crippen LogP contribution in [0.1, 0.15) is 91.5 Å². The smallest absolute Gasteiger partial charge is 0.508 e. The van der Waals surface area contributed by atoms with E-state index in [2.05, 4.69) is 44.3 Å². The summed E-state index contributed by atoms with van der Waals surface area (Å²) in [6.07, 6.45) is 1.23. The molecule has 18 heteroatoms. The molecular weight excluding hydrogens is 975 g/mol. The van der Waals surface area contributed by atoms with Crippen LogP contribution in [-0.2, 0) is 43.9 Å². The van der Waals surface area contributed by atoms with Crippen molar-refractivity contribution in [1.29, 1.82) is 5.41 Å². The summed E-state index contributed by atoms with van der Waals surface area (Å²) in [6.45, 7) is 15.2. The number of carbonyl (C=O) groups excluding carboxylic acids is 2. The molecule has 1 aliphatic heterocycles. The van der Waals surface area contributed by atoms with Crippen LogP contribution in [0.4, 0.5) is 20.3 Å². The largest absolute Gasteiger partial charge is 0.586 e. The first-order valence-corrected chi connectivity index (χ1v) is 25.1. The topological polar surface area (TPSA) is 238 Å². The Hall–Kier alpha value is -7.51. The van der Waals surface area contributed by atoms with Crippen molar-refractivity contribution in [3.8, 4) is 50.8 Å². The number of hydrogen-bond donors (Lipinski definition) is 7. The molecule has 0 atom stereocenters. The van der Waals surface area contributed by atoms with Crippen molar-refractivity contribution in [3.05, 3.63) is 136 Å². The Bertz CT molecular complexity index is 2950. The van der Waals surface area contributed by atoms with E-state index in [1.807, 2.05) is 76.2 Å². The number of anilines is 2. The summed E-state index contributed by atoms with van der Waals surface area (Å²) in [7, 11) is 1.71. The van der Waals surface area contributed by atoms with Gasteiger partial charge in [0.05, 0.1) is 55.7 Å². The van der Waals surface area contributed by atoms with Crippen LogP contribution in [0.15, 0.2) is 97.1 Å². The highest BCUT2D eigenvalue weighted by Gasteiger charge is 2.45. The lowest BCUT2D eigenvalue weighted by atomic mass is 9.87. The van der Waals surface area contributed by atoms with Gasteiger partial charge in [-0.3, -0.25) is 14.6 Å². The molecule has 0 bridgehead atoms. The number of nitrogens with two attached hydrogens (primary N) is 2. The number of aromatic hydroxyl groups is 1. The molecule has 3 heterocycles. The highest BCUT2D eigenvalue weighted by molar-refractivity contribution is 5.95. The van der Waals surface area contributed by atoms with E-state index in [9.17, 15) is 23.5 Å². The predicted molar refractivity (Wildman–Crippen MR) is 292 cm³/mol. The van der Waals surface area contributed by atoms with Crippen molar-refractivity contribution >= 4 is 30.0 Å². The van der Waals surface area contributed by atoms with Gasteiger partial charge in [0.25, 0.3) is 5.91 Å². The third-order valence-electron chi connectivity index (χ3n) is 12.7. The number of ether oxygens (including phenoxy) is 5. The minimum atomic E-state index is -3.51. The van der Waals surface area contributed by atoms with Crippen molar-refractivity contribution in [2.45, 2.75) is 91.2 Å². The Kier molecular flexibility index (Phi) is 20.0. The zero-order valence-corrected chi connectivity index (χ0v) is 44.3. The van der Waals surface area contributed by atoms with E-state index in [4.69, 9.17) is 36.1 Å². The molecule has 0 saturated heterocycles. The minimum absolute atomic E-state index is 0.0417. The molecule has 1 aliphatic carbocycles. The van der Waals surface area contributed by atoms with Crippen LogP contribution in [0.25, 0.3) is 33.5 Å². The maximum atomic E-state index is 12.8. The number of carbonyl (C=O) groups is 2. The molecule has 16 nitrogen and oxygen atoms in total. The number of pyridine rings is 2. The zero-order valence-electron chi connectivity index (χ0n) is 44.3. The molecule has 1 fully saturated rings. The number of phenolic OH excluding ortho intramolecular Hbond substituents is 1. The maximum absolute atomic E-state index is 12.8. The highest BCUT2D eigenvalue weighted by atomic mass is 19.3. The number of nitrogens with one attached hydrogen (secondary N) is 4. The molecule has 2 aromatic heterocycles. The van der Waals surface area contributed by atoms with Gasteiger partial charge in [-0.05, 0) is 135 Å². The summed E-state index contributed by atoms with van der Waals surface area (Å²) in [4.78, 5) is 33.6. The number of aryl methyl sites for hydroxylation is 1. The first-order valence-electron chi connectivity index (χ1n) is 25.1. The fraction of sp³-hybridized carbons (Fsp3) is 0.362. The summed E-state index contributed by atoms with van der Waals surface area (Å²) < 4.78 is 50.6. The average Bonchev–Trinajstić information content (AvgIpc) is 4.07. The number of alkyl halides is 2. The van der Waals surface area contributed by atoms with Gasteiger partial charge in [0.15, 0.2) is 11.5 Å². The van der Waals surface area contributed by atoms with Gasteiger partial charge in [-0.25, -0.2) is 4.98 Å². The minimum Gasteiger partial charge on any atom is -0.508 e. The van der Waals surface area contributed by atoms with Gasteiger partial charge < -0.3 is 61.6 Å². The van der Waals surface area contributed by atoms with Gasteiger partial charge >= 0.3 is 6.29 Å². The molecule has 2 aliphatic rings. The monoisotopic (exact) mass is 1040 g/mol. The van der Waals surface area contributed by atoms with Gasteiger partial charge in [0.2, 0.25) is 6.41 Å². The normalized spacial score (nSPS) is 13.6. The lowest BCUT2D eigenvalue weighted by Gasteiger charge is -2.22. The van der Waals surface area contributed by atoms with Crippen LogP contribution in [-0.4, -0.2) is 92.1 Å². The van der Waals surface area contributed by atoms with E-state index in [0.29, 0.717) is 87.2 Å². The Balaban J connectivity index is 0.000000366. The van der Waals surface area contributed by atoms with Crippen molar-refractivity contribution < 1.29 is 47.2 Å². The lowest BCUT2D eigenvalue weighted by Crippen LogP contribution is -2.27. The molecule has 76 heavy (non-hydrogen) atoms. The number of halogens is 2. The fourth-order valence-corrected chi connectivity index (χ4v) is 8.12. The van der Waals surface area contributed by atoms with E-state index < -0.39 is 6.29 Å². The standard InChI is InChI=1S/C42H48N8O5.C11H10F2O2.C5H12O/c1-3-34-39(28-8-11-33(52)12-9-28)37(25-47-26-51)49-36(40(34)29-10-13-35(44)32(21-29)23-43)24-46-15-17-54-19-20-55-18-16-48-42(53)31-6-4-5-30(22-31)41-27(2)7-14-38(45)50-41;1-10(4-5-10)7-2-3-8-9(6-7)15-11(12,13)14-8;1-5(2,3)6-4/h4-14,21-23,26,43,46,52H,3,15-20,24-25,44H2,1-2H3,(H2,45,50)(H,47,51)(H,48,53);2-3,6H,4-5H2,1H3;1-4H3. The van der Waals surface area contributed by atoms with Crippen LogP contribution in [0.3, 0.4) is 0 Å². The van der Waals surface area contributed by atoms with Crippen molar-refractivity contribution in [2.24, 2.45) is 0 Å². The van der Waals surface area contributed by atoms with Crippen LogP contribution >= 0.6 is 0 Å². The third kappa shape index (κ3) is 16.0. The molecule has 0 spiro atoms. The number of benzene rings is 4. The Morgan fingerprint density at radius 3 is 2.14 bits per heavy atom. The summed E-state index contributed by atoms with van der Waals surface area (Å²) >= 11 is 0. The second-order valence-corrected chi connectivity index (χ2v) is 19.5. The Labute approximate surface area is 443 Å². The number of aromatic nitrogens is 2. The van der Waals surface area contributed by atoms with Gasteiger partial charge in [0.1, 0.15) is 11.6 Å². The Morgan fingerprint density at radius 1 is 0.829 bits per heavy atom. The maximum Gasteiger partial charge on any atom is 0.586 e. The lowest BCUT2D eigenvalue weighted by molar-refractivity contribution is -0.286. The van der Waals surface area contributed by atoms with Crippen molar-refractivity contribution in [3.63, 3.8) is 0 Å². The van der Waals surface area contributed by atoms with Crippen molar-refractivity contribution in [2.75, 3.05) is 58.1 Å². The number of hydrogen-bond acceptors (Lipinski definition) is 14. The van der Waals surface area contributed by atoms with E-state index in [1.54, 1.807) is 55.6 Å². The molecule has 0 radical (unpaired) electrons. The Morgan fingerprint density at radius 2 is 1.49 bits per heavy atom. The molecule has 6 aromatic rings. The summed E-state index contributed by atoms with van der Waals surface area (Å²) in [5.41, 5.74) is 23.4. The summed E-state index contributed by atoms with van der Waals surface area (Å²) in [5, 5.41) is 27.0. The summed E-state index contributed by atoms with van der Waals surface area (Å²) in [5.74, 6) is 0.634. The van der Waals surface area contributed by atoms with E-state index in [0.717, 1.165) is 68.7 Å². The number of fused-ring (bicyclic) bond motifs is 1. The van der Waals surface area contributed by atoms with Gasteiger partial charge in [-0.15, -0.1) is 8.78 Å². The fourth-order valence-electron chi connectivity index (χ4n) is 8.12. The molecule has 4 aromatic carbocycles. The van der Waals surface area contributed by atoms with Gasteiger partial charge in [-0.2, -0.15) is 0 Å². The van der Waals surface area contributed by atoms with Crippen LogP contribution in [0, 0.1) is 12.3 Å². The van der Waals surface area contributed by atoms with Gasteiger partial charge in [0, 0.05) is 66.5 Å². The van der Waals surface area contributed by atoms with Crippen LogP contribution < -0.4 is 36.9 Å². The van der Waals surface area contributed by atoms with E-state index >= 15 is 0 Å². The third-order valence-corrected chi connectivity index (χ3v) is 12.7. The van der Waals surface area contributed by atoms with E-state index in [1.165, 1.54) is 6.21 Å². The second kappa shape index (κ2) is 26.3. The number of methoxy groups -OCH3 is 1. The number of phenols is 1. The molecule has 9 N–H and O–H groups in total. The molecular formula is C58H70F2N8O8. The van der Waals surface area contributed by atoms with Crippen LogP contribution in [0.2, 0.25) is 0 Å². The number of nitrogens with zero attached hydrogens (tertiary/aromatic N) is 2. The number of amides is 2. The molecule has 404 valence electrons. The average molecular weight is 1050 g/mol. The van der Waals surface area contributed by atoms with E-state index in [-0.39, 0.29) is 40.7 Å². The molecule has 0 unspecified atom stereocenters. The predicted octanol–water partition coefficient (Wildman–Crippen LogP) is 9.51. The SMILES string of the molecule is CC1(c2ccc3c(c2)OC(F)(F)O3)CC1.CCc1c(-c2ccc(O)cc2)c(CNC=O)nc(CNCCOCCOCCNC(=O)c2cccc(-c3nc(N)ccc3C)c2)c1-c1ccc(N)c(C=N)c1.COC(C)(C)C. The zero-order chi connectivity index (χ0) is 55.0.